The lowest BCUT2D eigenvalue weighted by molar-refractivity contribution is -0.298. The van der Waals surface area contributed by atoms with Crippen molar-refractivity contribution in [3.63, 3.8) is 0 Å². The van der Waals surface area contributed by atoms with Crippen LogP contribution in [0.1, 0.15) is 155 Å². The molecule has 1 amide bonds. The molecular formula is C43H77NO12S. The second-order valence-electron chi connectivity index (χ2n) is 15.1. The fraction of sp³-hybridized carbons (Fsp3) is 0.791. The van der Waals surface area contributed by atoms with Gasteiger partial charge in [0, 0.05) is 0 Å². The predicted octanol–water partition coefficient (Wildman–Crippen LogP) is 6.68. The number of nitrogens with one attached hydrogen (secondary N) is 1. The lowest BCUT2D eigenvalue weighted by Gasteiger charge is -2.41. The number of hydrogen-bond acceptors (Lipinski definition) is 11. The standard InChI is InChI=1S/C43H77NO12S/c1-3-5-7-9-11-13-14-15-16-17-18-19-20-21-22-24-26-28-30-32-37(47)42(50)44-35(36(46)31-29-27-25-23-12-10-8-6-4-2)34-54-43-40(49)41(56-57(51,52)53)39(48)38(33-45)55-43/h4,6,12,18-19,23,29,31,35-41,43,45-49H,3,5,7-11,13-17,20-22,24-28,30,32-34H2,1-2H3,(H,44,50)(H,51,52,53)/b6-4+,19-18-,23-12+,31-29+. The molecule has 1 fully saturated rings. The molecule has 332 valence electrons. The van der Waals surface area contributed by atoms with Crippen LogP contribution in [0.25, 0.3) is 0 Å². The van der Waals surface area contributed by atoms with Crippen molar-refractivity contribution in [2.45, 2.75) is 204 Å². The molecule has 57 heavy (non-hydrogen) atoms. The molecule has 1 heterocycles. The predicted molar refractivity (Wildman–Crippen MR) is 224 cm³/mol. The molecule has 0 spiro atoms. The first kappa shape index (κ1) is 53.0. The van der Waals surface area contributed by atoms with E-state index < -0.39 is 78.5 Å². The van der Waals surface area contributed by atoms with Crippen LogP contribution in [0.4, 0.5) is 0 Å². The third-order valence-corrected chi connectivity index (χ3v) is 10.5. The monoisotopic (exact) mass is 832 g/mol. The zero-order valence-corrected chi connectivity index (χ0v) is 35.6. The molecule has 7 N–H and O–H groups in total. The van der Waals surface area contributed by atoms with Gasteiger partial charge in [-0.15, -0.1) is 0 Å². The minimum Gasteiger partial charge on any atom is -0.394 e. The third kappa shape index (κ3) is 26.7. The first-order chi connectivity index (χ1) is 27.4. The van der Waals surface area contributed by atoms with E-state index >= 15 is 0 Å². The zero-order chi connectivity index (χ0) is 42.2. The van der Waals surface area contributed by atoms with Crippen LogP contribution in [-0.2, 0) is 28.9 Å². The molecule has 13 nitrogen and oxygen atoms in total. The summed E-state index contributed by atoms with van der Waals surface area (Å²) in [7, 11) is -5.12. The highest BCUT2D eigenvalue weighted by molar-refractivity contribution is 7.80. The first-order valence-electron chi connectivity index (χ1n) is 21.6. The van der Waals surface area contributed by atoms with Crippen LogP contribution in [0.15, 0.2) is 48.6 Å². The Bertz CT molecular complexity index is 1230. The lowest BCUT2D eigenvalue weighted by atomic mass is 9.99. The van der Waals surface area contributed by atoms with Gasteiger partial charge in [-0.3, -0.25) is 9.35 Å². The maximum atomic E-state index is 13.0. The molecule has 0 aliphatic carbocycles. The molecule has 1 aliphatic rings. The molecule has 0 radical (unpaired) electrons. The Morgan fingerprint density at radius 1 is 0.737 bits per heavy atom. The van der Waals surface area contributed by atoms with E-state index in [4.69, 9.17) is 14.0 Å². The maximum Gasteiger partial charge on any atom is 0.397 e. The van der Waals surface area contributed by atoms with Crippen LogP contribution in [0.2, 0.25) is 0 Å². The van der Waals surface area contributed by atoms with Crippen LogP contribution < -0.4 is 5.32 Å². The molecule has 8 atom stereocenters. The quantitative estimate of drug-likeness (QED) is 0.0203. The molecule has 0 aromatic carbocycles. The highest BCUT2D eigenvalue weighted by Gasteiger charge is 2.48. The Morgan fingerprint density at radius 2 is 1.25 bits per heavy atom. The number of rotatable bonds is 35. The first-order valence-corrected chi connectivity index (χ1v) is 23.0. The van der Waals surface area contributed by atoms with Crippen LogP contribution in [0.3, 0.4) is 0 Å². The number of ether oxygens (including phenoxy) is 2. The Morgan fingerprint density at radius 3 is 1.79 bits per heavy atom. The molecule has 0 saturated carbocycles. The van der Waals surface area contributed by atoms with E-state index in [0.29, 0.717) is 12.8 Å². The van der Waals surface area contributed by atoms with Crippen LogP contribution in [0, 0.1) is 0 Å². The number of carbonyl (C=O) groups is 1. The Kier molecular flexibility index (Phi) is 31.5. The topological polar surface area (TPSA) is 212 Å². The summed E-state index contributed by atoms with van der Waals surface area (Å²) >= 11 is 0. The number of aliphatic hydroxyl groups excluding tert-OH is 5. The average molecular weight is 832 g/mol. The molecule has 8 unspecified atom stereocenters. The molecular weight excluding hydrogens is 755 g/mol. The maximum absolute atomic E-state index is 13.0. The number of allylic oxidation sites excluding steroid dienone is 7. The van der Waals surface area contributed by atoms with Gasteiger partial charge in [0.2, 0.25) is 5.91 Å². The van der Waals surface area contributed by atoms with Gasteiger partial charge in [-0.2, -0.15) is 8.42 Å². The van der Waals surface area contributed by atoms with Crippen molar-refractivity contribution in [3.8, 4) is 0 Å². The average Bonchev–Trinajstić information content (AvgIpc) is 3.18. The third-order valence-electron chi connectivity index (χ3n) is 10.0. The smallest absolute Gasteiger partial charge is 0.394 e. The molecule has 1 saturated heterocycles. The van der Waals surface area contributed by atoms with Crippen molar-refractivity contribution in [3.05, 3.63) is 48.6 Å². The summed E-state index contributed by atoms with van der Waals surface area (Å²) < 4.78 is 47.3. The van der Waals surface area contributed by atoms with Gasteiger partial charge in [0.15, 0.2) is 6.29 Å². The van der Waals surface area contributed by atoms with E-state index in [1.807, 2.05) is 19.1 Å². The largest absolute Gasteiger partial charge is 0.397 e. The Labute approximate surface area is 343 Å². The van der Waals surface area contributed by atoms with Crippen molar-refractivity contribution in [2.75, 3.05) is 13.2 Å². The van der Waals surface area contributed by atoms with Crippen molar-refractivity contribution in [1.29, 1.82) is 0 Å². The Hall–Kier alpha value is -1.98. The summed E-state index contributed by atoms with van der Waals surface area (Å²) in [5.41, 5.74) is 0. The molecule has 1 rings (SSSR count). The van der Waals surface area contributed by atoms with Gasteiger partial charge in [-0.25, -0.2) is 4.18 Å². The van der Waals surface area contributed by atoms with E-state index in [2.05, 4.69) is 40.7 Å². The van der Waals surface area contributed by atoms with E-state index in [-0.39, 0.29) is 6.42 Å². The molecule has 1 aliphatic heterocycles. The van der Waals surface area contributed by atoms with Gasteiger partial charge in [0.1, 0.15) is 30.5 Å². The second-order valence-corrected chi connectivity index (χ2v) is 16.1. The highest BCUT2D eigenvalue weighted by Crippen LogP contribution is 2.26. The molecule has 0 aromatic heterocycles. The van der Waals surface area contributed by atoms with Crippen LogP contribution in [-0.4, -0.2) is 107 Å². The van der Waals surface area contributed by atoms with E-state index in [9.17, 15) is 38.7 Å². The SMILES string of the molecule is C/C=C/CC/C=C/CC/C=C/C(O)C(COC1OC(CO)C(O)C(OS(=O)(=O)O)C1O)NC(=O)C(O)CCCCCCCC/C=C\CCCCCCCCCCC. The van der Waals surface area contributed by atoms with Crippen molar-refractivity contribution >= 4 is 16.3 Å². The van der Waals surface area contributed by atoms with E-state index in [0.717, 1.165) is 64.2 Å². The van der Waals surface area contributed by atoms with Gasteiger partial charge in [-0.1, -0.05) is 139 Å². The number of unbranched alkanes of at least 4 members (excludes halogenated alkanes) is 17. The number of aliphatic hydroxyl groups is 5. The second kappa shape index (κ2) is 33.8. The van der Waals surface area contributed by atoms with Crippen molar-refractivity contribution < 1.29 is 57.0 Å². The summed E-state index contributed by atoms with van der Waals surface area (Å²) in [5, 5.41) is 54.9. The molecule has 0 aromatic rings. The number of carbonyl (C=O) groups excluding carboxylic acids is 1. The van der Waals surface area contributed by atoms with Crippen molar-refractivity contribution in [2.24, 2.45) is 0 Å². The summed E-state index contributed by atoms with van der Waals surface area (Å²) in [6.07, 6.45) is 28.1. The van der Waals surface area contributed by atoms with E-state index in [1.54, 1.807) is 6.08 Å². The minimum atomic E-state index is -5.12. The van der Waals surface area contributed by atoms with Crippen LogP contribution >= 0.6 is 0 Å². The van der Waals surface area contributed by atoms with Gasteiger partial charge >= 0.3 is 10.4 Å². The highest BCUT2D eigenvalue weighted by atomic mass is 32.3. The summed E-state index contributed by atoms with van der Waals surface area (Å²) in [5.74, 6) is -0.726. The van der Waals surface area contributed by atoms with Gasteiger partial charge in [0.05, 0.1) is 25.4 Å². The molecule has 14 heteroatoms. The van der Waals surface area contributed by atoms with Gasteiger partial charge < -0.3 is 40.3 Å². The lowest BCUT2D eigenvalue weighted by Crippen LogP contribution is -2.61. The number of hydrogen-bond donors (Lipinski definition) is 7. The Balaban J connectivity index is 2.55. The molecule has 0 bridgehead atoms. The van der Waals surface area contributed by atoms with Gasteiger partial charge in [0.25, 0.3) is 0 Å². The summed E-state index contributed by atoms with van der Waals surface area (Å²) in [6.45, 7) is 2.93. The zero-order valence-electron chi connectivity index (χ0n) is 34.7. The minimum absolute atomic E-state index is 0.225. The summed E-state index contributed by atoms with van der Waals surface area (Å²) in [6, 6.07) is -1.14. The number of amides is 1. The van der Waals surface area contributed by atoms with Crippen LogP contribution in [0.5, 0.6) is 0 Å². The van der Waals surface area contributed by atoms with Gasteiger partial charge in [-0.05, 0) is 64.7 Å². The van der Waals surface area contributed by atoms with E-state index in [1.165, 1.54) is 63.9 Å². The fourth-order valence-electron chi connectivity index (χ4n) is 6.55. The normalized spacial score (nSPS) is 22.3. The van der Waals surface area contributed by atoms with Crippen molar-refractivity contribution in [1.82, 2.24) is 5.32 Å². The fourth-order valence-corrected chi connectivity index (χ4v) is 7.06. The summed E-state index contributed by atoms with van der Waals surface area (Å²) in [4.78, 5) is 13.0.